The molecule has 0 fully saturated rings. The Morgan fingerprint density at radius 1 is 1.38 bits per heavy atom. The first-order chi connectivity index (χ1) is 7.81. The molecule has 0 amide bonds. The minimum Gasteiger partial charge on any atom is -0.399 e. The van der Waals surface area contributed by atoms with Crippen molar-refractivity contribution in [2.24, 2.45) is 0 Å². The van der Waals surface area contributed by atoms with Crippen LogP contribution in [0.5, 0.6) is 0 Å². The maximum absolute atomic E-state index is 5.73. The number of nitrogens with zero attached hydrogens (tertiary/aromatic N) is 3. The number of nitrogen functional groups attached to an aromatic ring is 1. The molecule has 4 nitrogen and oxygen atoms in total. The SMILES string of the molecule is Nc1ccc2nc(Cn3cccn3)sc2c1. The van der Waals surface area contributed by atoms with E-state index in [-0.39, 0.29) is 0 Å². The monoisotopic (exact) mass is 230 g/mol. The summed E-state index contributed by atoms with van der Waals surface area (Å²) < 4.78 is 2.99. The van der Waals surface area contributed by atoms with Crippen LogP contribution in [0.15, 0.2) is 36.7 Å². The van der Waals surface area contributed by atoms with Crippen LogP contribution >= 0.6 is 11.3 Å². The molecule has 2 N–H and O–H groups in total. The van der Waals surface area contributed by atoms with Crippen molar-refractivity contribution in [2.75, 3.05) is 5.73 Å². The molecule has 0 atom stereocenters. The summed E-state index contributed by atoms with van der Waals surface area (Å²) in [4.78, 5) is 4.53. The van der Waals surface area contributed by atoms with Gasteiger partial charge in [0.2, 0.25) is 0 Å². The van der Waals surface area contributed by atoms with Crippen molar-refractivity contribution in [2.45, 2.75) is 6.54 Å². The molecule has 16 heavy (non-hydrogen) atoms. The van der Waals surface area contributed by atoms with E-state index in [1.54, 1.807) is 17.5 Å². The van der Waals surface area contributed by atoms with E-state index in [1.165, 1.54) is 0 Å². The third-order valence-electron chi connectivity index (χ3n) is 2.31. The van der Waals surface area contributed by atoms with E-state index in [1.807, 2.05) is 35.1 Å². The quantitative estimate of drug-likeness (QED) is 0.686. The fraction of sp³-hybridized carbons (Fsp3) is 0.0909. The van der Waals surface area contributed by atoms with Crippen LogP contribution in [-0.2, 0) is 6.54 Å². The third-order valence-corrected chi connectivity index (χ3v) is 3.32. The number of anilines is 1. The number of nitrogens with two attached hydrogens (primary N) is 1. The van der Waals surface area contributed by atoms with Gasteiger partial charge in [-0.2, -0.15) is 5.10 Å². The molecular weight excluding hydrogens is 220 g/mol. The van der Waals surface area contributed by atoms with Gasteiger partial charge < -0.3 is 5.73 Å². The highest BCUT2D eigenvalue weighted by molar-refractivity contribution is 7.18. The van der Waals surface area contributed by atoms with E-state index in [4.69, 9.17) is 5.73 Å². The molecule has 0 saturated heterocycles. The first-order valence-corrected chi connectivity index (χ1v) is 5.75. The summed E-state index contributed by atoms with van der Waals surface area (Å²) in [6, 6.07) is 7.69. The van der Waals surface area contributed by atoms with Gasteiger partial charge in [0.05, 0.1) is 16.8 Å². The molecule has 80 valence electrons. The van der Waals surface area contributed by atoms with Crippen LogP contribution in [0.25, 0.3) is 10.2 Å². The fourth-order valence-electron chi connectivity index (χ4n) is 1.59. The van der Waals surface area contributed by atoms with Crippen LogP contribution in [0, 0.1) is 0 Å². The van der Waals surface area contributed by atoms with E-state index in [0.717, 1.165) is 20.9 Å². The highest BCUT2D eigenvalue weighted by Crippen LogP contribution is 2.24. The van der Waals surface area contributed by atoms with Gasteiger partial charge in [-0.3, -0.25) is 4.68 Å². The molecular formula is C11H10N4S. The van der Waals surface area contributed by atoms with Gasteiger partial charge in [-0.1, -0.05) is 0 Å². The number of aromatic nitrogens is 3. The number of fused-ring (bicyclic) bond motifs is 1. The van der Waals surface area contributed by atoms with Crippen molar-refractivity contribution in [3.05, 3.63) is 41.7 Å². The summed E-state index contributed by atoms with van der Waals surface area (Å²) >= 11 is 1.66. The van der Waals surface area contributed by atoms with E-state index in [0.29, 0.717) is 6.54 Å². The summed E-state index contributed by atoms with van der Waals surface area (Å²) in [6.45, 7) is 0.715. The predicted molar refractivity (Wildman–Crippen MR) is 65.4 cm³/mol. The molecule has 5 heteroatoms. The van der Waals surface area contributed by atoms with Gasteiger partial charge in [-0.25, -0.2) is 4.98 Å². The molecule has 3 aromatic rings. The van der Waals surface area contributed by atoms with Crippen molar-refractivity contribution < 1.29 is 0 Å². The third kappa shape index (κ3) is 1.65. The van der Waals surface area contributed by atoms with E-state index >= 15 is 0 Å². The van der Waals surface area contributed by atoms with Crippen molar-refractivity contribution in [3.8, 4) is 0 Å². The normalized spacial score (nSPS) is 11.0. The maximum atomic E-state index is 5.73. The van der Waals surface area contributed by atoms with E-state index in [9.17, 15) is 0 Å². The number of benzene rings is 1. The Morgan fingerprint density at radius 2 is 2.31 bits per heavy atom. The molecule has 0 aliphatic carbocycles. The van der Waals surface area contributed by atoms with Crippen molar-refractivity contribution in [1.29, 1.82) is 0 Å². The lowest BCUT2D eigenvalue weighted by Crippen LogP contribution is -1.98. The zero-order valence-corrected chi connectivity index (χ0v) is 9.31. The summed E-state index contributed by atoms with van der Waals surface area (Å²) in [5.41, 5.74) is 7.51. The van der Waals surface area contributed by atoms with Crippen molar-refractivity contribution in [3.63, 3.8) is 0 Å². The van der Waals surface area contributed by atoms with E-state index in [2.05, 4.69) is 10.1 Å². The lowest BCUT2D eigenvalue weighted by Gasteiger charge is -1.94. The Labute approximate surface area is 96.3 Å². The zero-order chi connectivity index (χ0) is 11.0. The first-order valence-electron chi connectivity index (χ1n) is 4.94. The molecule has 2 heterocycles. The summed E-state index contributed by atoms with van der Waals surface area (Å²) in [7, 11) is 0. The summed E-state index contributed by atoms with van der Waals surface area (Å²) in [5.74, 6) is 0. The van der Waals surface area contributed by atoms with Crippen LogP contribution in [0.3, 0.4) is 0 Å². The van der Waals surface area contributed by atoms with Crippen LogP contribution in [0.4, 0.5) is 5.69 Å². The lowest BCUT2D eigenvalue weighted by molar-refractivity contribution is 0.684. The topological polar surface area (TPSA) is 56.7 Å². The first kappa shape index (κ1) is 9.35. The second kappa shape index (κ2) is 3.61. The Hall–Kier alpha value is -1.88. The Morgan fingerprint density at radius 3 is 3.12 bits per heavy atom. The van der Waals surface area contributed by atoms with Crippen molar-refractivity contribution in [1.82, 2.24) is 14.8 Å². The second-order valence-electron chi connectivity index (χ2n) is 3.54. The Bertz CT molecular complexity index is 612. The molecule has 0 radical (unpaired) electrons. The average Bonchev–Trinajstić information content (AvgIpc) is 2.86. The minimum absolute atomic E-state index is 0.715. The number of thiazole rings is 1. The van der Waals surface area contributed by atoms with Crippen molar-refractivity contribution >= 4 is 27.2 Å². The Kier molecular flexibility index (Phi) is 2.11. The minimum atomic E-state index is 0.715. The fourth-order valence-corrected chi connectivity index (χ4v) is 2.60. The van der Waals surface area contributed by atoms with Gasteiger partial charge >= 0.3 is 0 Å². The van der Waals surface area contributed by atoms with Crippen LogP contribution in [0.2, 0.25) is 0 Å². The summed E-state index contributed by atoms with van der Waals surface area (Å²) in [6.07, 6.45) is 3.70. The highest BCUT2D eigenvalue weighted by atomic mass is 32.1. The second-order valence-corrected chi connectivity index (χ2v) is 4.65. The van der Waals surface area contributed by atoms with E-state index < -0.39 is 0 Å². The molecule has 1 aromatic carbocycles. The van der Waals surface area contributed by atoms with Gasteiger partial charge in [0.1, 0.15) is 5.01 Å². The molecule has 0 spiro atoms. The van der Waals surface area contributed by atoms with Gasteiger partial charge in [-0.05, 0) is 24.3 Å². The van der Waals surface area contributed by atoms with Gasteiger partial charge in [0.25, 0.3) is 0 Å². The zero-order valence-electron chi connectivity index (χ0n) is 8.50. The standard InChI is InChI=1S/C11H10N4S/c12-8-2-3-9-10(6-8)16-11(14-9)7-15-5-1-4-13-15/h1-6H,7,12H2. The van der Waals surface area contributed by atoms with Crippen LogP contribution in [0.1, 0.15) is 5.01 Å². The molecule has 0 aliphatic heterocycles. The number of hydrogen-bond acceptors (Lipinski definition) is 4. The summed E-state index contributed by atoms with van der Waals surface area (Å²) in [5, 5.41) is 5.20. The molecule has 3 rings (SSSR count). The molecule has 0 aliphatic rings. The van der Waals surface area contributed by atoms with Gasteiger partial charge in [0, 0.05) is 18.1 Å². The van der Waals surface area contributed by atoms with Crippen LogP contribution in [-0.4, -0.2) is 14.8 Å². The molecule has 0 saturated carbocycles. The predicted octanol–water partition coefficient (Wildman–Crippen LogP) is 2.12. The molecule has 2 aromatic heterocycles. The lowest BCUT2D eigenvalue weighted by atomic mass is 10.3. The largest absolute Gasteiger partial charge is 0.399 e. The smallest absolute Gasteiger partial charge is 0.115 e. The van der Waals surface area contributed by atoms with Gasteiger partial charge in [-0.15, -0.1) is 11.3 Å². The average molecular weight is 230 g/mol. The highest BCUT2D eigenvalue weighted by Gasteiger charge is 2.04. The molecule has 0 unspecified atom stereocenters. The number of hydrogen-bond donors (Lipinski definition) is 1. The molecule has 0 bridgehead atoms. The maximum Gasteiger partial charge on any atom is 0.115 e. The number of rotatable bonds is 2. The Balaban J connectivity index is 1.99. The van der Waals surface area contributed by atoms with Gasteiger partial charge in [0.15, 0.2) is 0 Å². The van der Waals surface area contributed by atoms with Crippen LogP contribution < -0.4 is 5.73 Å².